The molecule has 1 amide bonds. The summed E-state index contributed by atoms with van der Waals surface area (Å²) >= 11 is 6.23. The Morgan fingerprint density at radius 1 is 1.25 bits per heavy atom. The van der Waals surface area contributed by atoms with Crippen LogP contribution in [0.15, 0.2) is 48.5 Å². The lowest BCUT2D eigenvalue weighted by atomic mass is 9.88. The number of nitrogens with two attached hydrogens (primary N) is 1. The van der Waals surface area contributed by atoms with Crippen molar-refractivity contribution in [1.82, 2.24) is 5.32 Å². The topological polar surface area (TPSA) is 45.7 Å². The summed E-state index contributed by atoms with van der Waals surface area (Å²) in [5.41, 5.74) is 3.70. The number of fused-ring (bicyclic) bond motifs is 1. The molecule has 0 unspecified atom stereocenters. The van der Waals surface area contributed by atoms with Gasteiger partial charge in [-0.15, -0.1) is 0 Å². The van der Waals surface area contributed by atoms with E-state index in [0.717, 1.165) is 29.8 Å². The van der Waals surface area contributed by atoms with Gasteiger partial charge in [0.2, 0.25) is 0 Å². The second-order valence-corrected chi connectivity index (χ2v) is 6.87. The number of carbonyl (C=O) groups is 1. The highest BCUT2D eigenvalue weighted by Gasteiger charge is 2.22. The van der Waals surface area contributed by atoms with Crippen LogP contribution in [0.3, 0.4) is 0 Å². The van der Waals surface area contributed by atoms with Gasteiger partial charge in [-0.05, 0) is 43.4 Å². The molecule has 3 rings (SSSR count). The summed E-state index contributed by atoms with van der Waals surface area (Å²) in [4.78, 5) is 12.4. The summed E-state index contributed by atoms with van der Waals surface area (Å²) in [6, 6.07) is 16.5. The van der Waals surface area contributed by atoms with E-state index in [1.165, 1.54) is 11.1 Å². The molecule has 0 aliphatic heterocycles. The van der Waals surface area contributed by atoms with Crippen molar-refractivity contribution < 1.29 is 10.1 Å². The maximum Gasteiger partial charge on any atom is 0.275 e. The molecule has 0 radical (unpaired) electrons. The number of carbonyl (C=O) groups excluding carboxylic acids is 1. The zero-order chi connectivity index (χ0) is 16.9. The number of hydrogen-bond donors (Lipinski definition) is 2. The molecule has 0 saturated carbocycles. The van der Waals surface area contributed by atoms with Crippen LogP contribution in [-0.2, 0) is 11.2 Å². The number of halogens is 1. The fourth-order valence-corrected chi connectivity index (χ4v) is 3.72. The van der Waals surface area contributed by atoms with Crippen molar-refractivity contribution in [3.63, 3.8) is 0 Å². The third-order valence-corrected chi connectivity index (χ3v) is 5.10. The lowest BCUT2D eigenvalue weighted by Gasteiger charge is -2.26. The van der Waals surface area contributed by atoms with Gasteiger partial charge in [0.25, 0.3) is 5.91 Å². The zero-order valence-electron chi connectivity index (χ0n) is 14.0. The summed E-state index contributed by atoms with van der Waals surface area (Å²) in [5.74, 6) is 0.0793. The first-order valence-corrected chi connectivity index (χ1v) is 8.98. The molecule has 3 nitrogen and oxygen atoms in total. The van der Waals surface area contributed by atoms with Crippen molar-refractivity contribution in [2.45, 2.75) is 38.3 Å². The summed E-state index contributed by atoms with van der Waals surface area (Å²) in [6.07, 6.45) is 3.25. The van der Waals surface area contributed by atoms with Gasteiger partial charge in [-0.3, -0.25) is 4.79 Å². The van der Waals surface area contributed by atoms with E-state index in [4.69, 9.17) is 11.6 Å². The van der Waals surface area contributed by atoms with Crippen molar-refractivity contribution in [1.29, 1.82) is 0 Å². The first-order chi connectivity index (χ1) is 11.6. The minimum atomic E-state index is 0.0793. The molecule has 0 aromatic heterocycles. The Hall–Kier alpha value is -1.84. The normalized spacial score (nSPS) is 17.8. The fourth-order valence-electron chi connectivity index (χ4n) is 3.41. The summed E-state index contributed by atoms with van der Waals surface area (Å²) in [7, 11) is 0. The van der Waals surface area contributed by atoms with Crippen LogP contribution in [0.5, 0.6) is 0 Å². The van der Waals surface area contributed by atoms with Gasteiger partial charge in [-0.2, -0.15) is 0 Å². The van der Waals surface area contributed by atoms with Gasteiger partial charge in [-0.25, -0.2) is 0 Å². The number of amides is 1. The van der Waals surface area contributed by atoms with Crippen LogP contribution < -0.4 is 10.6 Å². The smallest absolute Gasteiger partial charge is 0.275 e. The number of hydrogen-bond acceptors (Lipinski definition) is 1. The molecule has 2 atom stereocenters. The molecular formula is C20H24ClN2O+. The molecule has 2 aromatic rings. The summed E-state index contributed by atoms with van der Waals surface area (Å²) in [6.45, 7) is 2.48. The van der Waals surface area contributed by atoms with Gasteiger partial charge in [0.1, 0.15) is 6.04 Å². The minimum Gasteiger partial charge on any atom is -0.344 e. The summed E-state index contributed by atoms with van der Waals surface area (Å²) < 4.78 is 0. The lowest BCUT2D eigenvalue weighted by Crippen LogP contribution is -2.87. The molecule has 0 heterocycles. The zero-order valence-corrected chi connectivity index (χ0v) is 14.7. The van der Waals surface area contributed by atoms with Crippen molar-refractivity contribution in [2.75, 3.05) is 6.54 Å². The van der Waals surface area contributed by atoms with Crippen LogP contribution in [0, 0.1) is 0 Å². The number of quaternary nitrogens is 1. The van der Waals surface area contributed by atoms with E-state index < -0.39 is 0 Å². The molecule has 4 heteroatoms. The minimum absolute atomic E-state index is 0.0793. The van der Waals surface area contributed by atoms with Crippen LogP contribution in [0.2, 0.25) is 5.02 Å². The Bertz CT molecular complexity index is 716. The predicted molar refractivity (Wildman–Crippen MR) is 96.9 cm³/mol. The standard InChI is InChI=1S/C20H23ClN2O/c1-14(16-9-4-5-11-18(16)21)22-13-20(24)23-19-12-6-8-15-7-2-3-10-17(15)19/h2-5,7,9-11,14,19,22H,6,8,12-13H2,1H3,(H,23,24)/p+1/t14-,19+/m0/s1. The van der Waals surface area contributed by atoms with Gasteiger partial charge in [0, 0.05) is 10.6 Å². The first kappa shape index (κ1) is 17.0. The quantitative estimate of drug-likeness (QED) is 0.860. The van der Waals surface area contributed by atoms with E-state index in [1.54, 1.807) is 0 Å². The highest BCUT2D eigenvalue weighted by molar-refractivity contribution is 6.31. The average Bonchev–Trinajstić information content (AvgIpc) is 2.60. The Labute approximate surface area is 148 Å². The van der Waals surface area contributed by atoms with Crippen LogP contribution in [-0.4, -0.2) is 12.5 Å². The number of nitrogens with one attached hydrogen (secondary N) is 1. The van der Waals surface area contributed by atoms with Crippen molar-refractivity contribution in [3.05, 3.63) is 70.2 Å². The Balaban J connectivity index is 1.56. The molecule has 0 fully saturated rings. The maximum absolute atomic E-state index is 12.4. The lowest BCUT2D eigenvalue weighted by molar-refractivity contribution is -0.682. The van der Waals surface area contributed by atoms with Crippen LogP contribution in [0.4, 0.5) is 0 Å². The molecule has 1 aliphatic carbocycles. The van der Waals surface area contributed by atoms with E-state index in [-0.39, 0.29) is 18.0 Å². The van der Waals surface area contributed by atoms with Crippen molar-refractivity contribution in [3.8, 4) is 0 Å². The van der Waals surface area contributed by atoms with Crippen LogP contribution in [0.1, 0.15) is 48.5 Å². The van der Waals surface area contributed by atoms with Gasteiger partial charge in [0.15, 0.2) is 6.54 Å². The number of aryl methyl sites for hydroxylation is 1. The molecule has 0 spiro atoms. The first-order valence-electron chi connectivity index (χ1n) is 8.60. The van der Waals surface area contributed by atoms with Crippen LogP contribution >= 0.6 is 11.6 Å². The fraction of sp³-hybridized carbons (Fsp3) is 0.350. The van der Waals surface area contributed by atoms with E-state index in [0.29, 0.717) is 6.54 Å². The number of rotatable bonds is 5. The Kier molecular flexibility index (Phi) is 5.54. The predicted octanol–water partition coefficient (Wildman–Crippen LogP) is 3.16. The maximum atomic E-state index is 12.4. The molecule has 24 heavy (non-hydrogen) atoms. The highest BCUT2D eigenvalue weighted by Crippen LogP contribution is 2.29. The largest absolute Gasteiger partial charge is 0.344 e. The molecule has 126 valence electrons. The average molecular weight is 344 g/mol. The third kappa shape index (κ3) is 3.97. The molecule has 0 saturated heterocycles. The molecule has 0 bridgehead atoms. The van der Waals surface area contributed by atoms with Gasteiger partial charge < -0.3 is 10.6 Å². The summed E-state index contributed by atoms with van der Waals surface area (Å²) in [5, 5.41) is 5.98. The molecular weight excluding hydrogens is 320 g/mol. The highest BCUT2D eigenvalue weighted by atomic mass is 35.5. The SMILES string of the molecule is C[C@H]([NH2+]CC(=O)N[C@@H]1CCCc2ccccc21)c1ccccc1Cl. The third-order valence-electron chi connectivity index (χ3n) is 4.76. The molecule has 1 aliphatic rings. The van der Waals surface area contributed by atoms with E-state index >= 15 is 0 Å². The van der Waals surface area contributed by atoms with E-state index in [9.17, 15) is 4.79 Å². The molecule has 3 N–H and O–H groups in total. The van der Waals surface area contributed by atoms with E-state index in [2.05, 4.69) is 36.5 Å². The van der Waals surface area contributed by atoms with Crippen molar-refractivity contribution in [2.24, 2.45) is 0 Å². The van der Waals surface area contributed by atoms with Crippen molar-refractivity contribution >= 4 is 17.5 Å². The van der Waals surface area contributed by atoms with E-state index in [1.807, 2.05) is 29.6 Å². The monoisotopic (exact) mass is 343 g/mol. The number of benzene rings is 2. The second-order valence-electron chi connectivity index (χ2n) is 6.46. The van der Waals surface area contributed by atoms with Crippen LogP contribution in [0.25, 0.3) is 0 Å². The second kappa shape index (κ2) is 7.82. The van der Waals surface area contributed by atoms with Gasteiger partial charge in [0.05, 0.1) is 6.04 Å². The Morgan fingerprint density at radius 2 is 2.00 bits per heavy atom. The molecule has 2 aromatic carbocycles. The van der Waals surface area contributed by atoms with Gasteiger partial charge in [-0.1, -0.05) is 54.1 Å². The Morgan fingerprint density at radius 3 is 2.83 bits per heavy atom. The van der Waals surface area contributed by atoms with Gasteiger partial charge >= 0.3 is 0 Å².